The van der Waals surface area contributed by atoms with Crippen LogP contribution in [0.4, 0.5) is 13.2 Å². The third-order valence-electron chi connectivity index (χ3n) is 2.47. The highest BCUT2D eigenvalue weighted by Crippen LogP contribution is 2.22. The Morgan fingerprint density at radius 1 is 1.25 bits per heavy atom. The zero-order valence-electron chi connectivity index (χ0n) is 11.0. The maximum absolute atomic E-state index is 12.0. The van der Waals surface area contributed by atoms with Crippen LogP contribution < -0.4 is 10.1 Å². The van der Waals surface area contributed by atoms with Crippen LogP contribution in [-0.2, 0) is 11.3 Å². The van der Waals surface area contributed by atoms with Gasteiger partial charge in [0.2, 0.25) is 0 Å². The SMILES string of the molecule is COCC(Cl)CCNCc1ccc(OC(F)(F)F)cc1. The molecule has 0 saturated carbocycles. The lowest BCUT2D eigenvalue weighted by Crippen LogP contribution is -2.20. The van der Waals surface area contributed by atoms with Gasteiger partial charge in [0.15, 0.2) is 0 Å². The van der Waals surface area contributed by atoms with E-state index in [0.29, 0.717) is 19.7 Å². The van der Waals surface area contributed by atoms with E-state index in [-0.39, 0.29) is 11.1 Å². The van der Waals surface area contributed by atoms with Crippen molar-refractivity contribution in [3.63, 3.8) is 0 Å². The van der Waals surface area contributed by atoms with Crippen molar-refractivity contribution in [2.24, 2.45) is 0 Å². The summed E-state index contributed by atoms with van der Waals surface area (Å²) in [5.74, 6) is -0.220. The summed E-state index contributed by atoms with van der Waals surface area (Å²) >= 11 is 5.96. The van der Waals surface area contributed by atoms with Crippen LogP contribution in [0.25, 0.3) is 0 Å². The number of halogens is 4. The number of nitrogens with one attached hydrogen (secondary N) is 1. The van der Waals surface area contributed by atoms with Gasteiger partial charge in [-0.2, -0.15) is 0 Å². The van der Waals surface area contributed by atoms with Gasteiger partial charge in [-0.15, -0.1) is 24.8 Å². The topological polar surface area (TPSA) is 30.5 Å². The summed E-state index contributed by atoms with van der Waals surface area (Å²) in [7, 11) is 1.59. The van der Waals surface area contributed by atoms with Crippen LogP contribution in [0.5, 0.6) is 5.75 Å². The third-order valence-corrected chi connectivity index (χ3v) is 2.81. The predicted molar refractivity (Wildman–Crippen MR) is 71.0 cm³/mol. The molecule has 0 amide bonds. The molecule has 0 fully saturated rings. The summed E-state index contributed by atoms with van der Waals surface area (Å²) in [5, 5.41) is 3.11. The number of rotatable bonds is 8. The maximum Gasteiger partial charge on any atom is 0.573 e. The number of alkyl halides is 4. The minimum absolute atomic E-state index is 0.0462. The number of hydrogen-bond acceptors (Lipinski definition) is 3. The second kappa shape index (κ2) is 8.34. The normalized spacial score (nSPS) is 13.2. The van der Waals surface area contributed by atoms with E-state index in [1.165, 1.54) is 12.1 Å². The molecule has 0 radical (unpaired) electrons. The van der Waals surface area contributed by atoms with E-state index < -0.39 is 6.36 Å². The first-order chi connectivity index (χ1) is 9.40. The van der Waals surface area contributed by atoms with Gasteiger partial charge in [0.05, 0.1) is 12.0 Å². The van der Waals surface area contributed by atoms with Crippen LogP contribution in [0.2, 0.25) is 0 Å². The van der Waals surface area contributed by atoms with Crippen LogP contribution in [-0.4, -0.2) is 32.0 Å². The van der Waals surface area contributed by atoms with Crippen molar-refractivity contribution in [1.82, 2.24) is 5.32 Å². The predicted octanol–water partition coefficient (Wildman–Crippen LogP) is 3.32. The summed E-state index contributed by atoms with van der Waals surface area (Å²) in [6.45, 7) is 1.76. The number of hydrogen-bond donors (Lipinski definition) is 1. The third kappa shape index (κ3) is 7.57. The van der Waals surface area contributed by atoms with Crippen LogP contribution >= 0.6 is 11.6 Å². The van der Waals surface area contributed by atoms with Crippen LogP contribution in [0, 0.1) is 0 Å². The highest BCUT2D eigenvalue weighted by molar-refractivity contribution is 6.20. The summed E-state index contributed by atoms with van der Waals surface area (Å²) in [6.07, 6.45) is -3.90. The van der Waals surface area contributed by atoms with Gasteiger partial charge in [0.1, 0.15) is 5.75 Å². The van der Waals surface area contributed by atoms with Crippen molar-refractivity contribution >= 4 is 11.6 Å². The fraction of sp³-hybridized carbons (Fsp3) is 0.538. The summed E-state index contributed by atoms with van der Waals surface area (Å²) in [4.78, 5) is 0. The van der Waals surface area contributed by atoms with Crippen molar-refractivity contribution in [1.29, 1.82) is 0 Å². The lowest BCUT2D eigenvalue weighted by molar-refractivity contribution is -0.274. The van der Waals surface area contributed by atoms with Gasteiger partial charge < -0.3 is 14.8 Å². The average molecular weight is 312 g/mol. The molecular weight excluding hydrogens is 295 g/mol. The van der Waals surface area contributed by atoms with E-state index in [4.69, 9.17) is 16.3 Å². The van der Waals surface area contributed by atoms with Gasteiger partial charge in [-0.05, 0) is 30.7 Å². The Bertz CT molecular complexity index is 384. The number of methoxy groups -OCH3 is 1. The monoisotopic (exact) mass is 311 g/mol. The fourth-order valence-electron chi connectivity index (χ4n) is 1.56. The molecular formula is C13H17ClF3NO2. The number of ether oxygens (including phenoxy) is 2. The van der Waals surface area contributed by atoms with Gasteiger partial charge in [0.25, 0.3) is 0 Å². The van der Waals surface area contributed by atoms with Gasteiger partial charge in [-0.3, -0.25) is 0 Å². The van der Waals surface area contributed by atoms with E-state index in [1.807, 2.05) is 0 Å². The Balaban J connectivity index is 2.28. The molecule has 0 heterocycles. The average Bonchev–Trinajstić information content (AvgIpc) is 2.35. The zero-order chi connectivity index (χ0) is 15.0. The van der Waals surface area contributed by atoms with Crippen molar-refractivity contribution in [2.45, 2.75) is 24.7 Å². The molecule has 7 heteroatoms. The van der Waals surface area contributed by atoms with Gasteiger partial charge in [-0.25, -0.2) is 0 Å². The Hall–Kier alpha value is -0.980. The van der Waals surface area contributed by atoms with Crippen molar-refractivity contribution in [2.75, 3.05) is 20.3 Å². The molecule has 20 heavy (non-hydrogen) atoms. The minimum atomic E-state index is -4.66. The minimum Gasteiger partial charge on any atom is -0.406 e. The standard InChI is InChI=1S/C13H17ClF3NO2/c1-19-9-11(14)6-7-18-8-10-2-4-12(5-3-10)20-13(15,16)17/h2-5,11,18H,6-9H2,1H3. The summed E-state index contributed by atoms with van der Waals surface area (Å²) in [6, 6.07) is 5.75. The molecule has 0 aliphatic rings. The molecule has 3 nitrogen and oxygen atoms in total. The second-order valence-electron chi connectivity index (χ2n) is 4.21. The zero-order valence-corrected chi connectivity index (χ0v) is 11.8. The van der Waals surface area contributed by atoms with Crippen LogP contribution in [0.15, 0.2) is 24.3 Å². The summed E-state index contributed by atoms with van der Waals surface area (Å²) in [5.41, 5.74) is 0.873. The molecule has 1 aromatic rings. The molecule has 1 atom stereocenters. The van der Waals surface area contributed by atoms with Crippen LogP contribution in [0.1, 0.15) is 12.0 Å². The Kier molecular flexibility index (Phi) is 7.12. The van der Waals surface area contributed by atoms with Crippen molar-refractivity contribution < 1.29 is 22.6 Å². The molecule has 0 saturated heterocycles. The molecule has 0 aliphatic heterocycles. The van der Waals surface area contributed by atoms with E-state index in [2.05, 4.69) is 10.1 Å². The smallest absolute Gasteiger partial charge is 0.406 e. The Morgan fingerprint density at radius 3 is 2.45 bits per heavy atom. The highest BCUT2D eigenvalue weighted by Gasteiger charge is 2.30. The fourth-order valence-corrected chi connectivity index (χ4v) is 1.80. The number of benzene rings is 1. The molecule has 0 aliphatic carbocycles. The largest absolute Gasteiger partial charge is 0.573 e. The van der Waals surface area contributed by atoms with Crippen LogP contribution in [0.3, 0.4) is 0 Å². The lowest BCUT2D eigenvalue weighted by Gasteiger charge is -2.11. The molecule has 1 aromatic carbocycles. The van der Waals surface area contributed by atoms with Gasteiger partial charge in [-0.1, -0.05) is 12.1 Å². The first-order valence-corrected chi connectivity index (χ1v) is 6.53. The molecule has 0 aromatic heterocycles. The first kappa shape index (κ1) is 17.1. The maximum atomic E-state index is 12.0. The molecule has 114 valence electrons. The molecule has 0 spiro atoms. The Labute approximate surface area is 121 Å². The van der Waals surface area contributed by atoms with E-state index in [0.717, 1.165) is 12.0 Å². The Morgan fingerprint density at radius 2 is 1.90 bits per heavy atom. The second-order valence-corrected chi connectivity index (χ2v) is 4.83. The highest BCUT2D eigenvalue weighted by atomic mass is 35.5. The first-order valence-electron chi connectivity index (χ1n) is 6.09. The van der Waals surface area contributed by atoms with Gasteiger partial charge >= 0.3 is 6.36 Å². The van der Waals surface area contributed by atoms with E-state index in [9.17, 15) is 13.2 Å². The summed E-state index contributed by atoms with van der Waals surface area (Å²) < 4.78 is 44.6. The molecule has 1 rings (SSSR count). The molecule has 0 bridgehead atoms. The van der Waals surface area contributed by atoms with Crippen molar-refractivity contribution in [3.8, 4) is 5.75 Å². The van der Waals surface area contributed by atoms with Crippen molar-refractivity contribution in [3.05, 3.63) is 29.8 Å². The van der Waals surface area contributed by atoms with E-state index in [1.54, 1.807) is 19.2 Å². The molecule has 1 N–H and O–H groups in total. The quantitative estimate of drug-likeness (QED) is 0.590. The molecule has 1 unspecified atom stereocenters. The van der Waals surface area contributed by atoms with Gasteiger partial charge in [0, 0.05) is 13.7 Å². The lowest BCUT2D eigenvalue weighted by atomic mass is 10.2. The van der Waals surface area contributed by atoms with E-state index >= 15 is 0 Å².